The first-order chi connectivity index (χ1) is 11.8. The first-order valence-electron chi connectivity index (χ1n) is 8.28. The van der Waals surface area contributed by atoms with E-state index < -0.39 is 0 Å². The van der Waals surface area contributed by atoms with Crippen LogP contribution < -0.4 is 4.90 Å². The lowest BCUT2D eigenvalue weighted by molar-refractivity contribution is 0.598. The Balaban J connectivity index is 2.13. The molecule has 0 atom stereocenters. The summed E-state index contributed by atoms with van der Waals surface area (Å²) in [5.41, 5.74) is 5.80. The molecule has 0 bridgehead atoms. The van der Waals surface area contributed by atoms with Crippen molar-refractivity contribution in [3.8, 4) is 6.07 Å². The van der Waals surface area contributed by atoms with Gasteiger partial charge >= 0.3 is 0 Å². The van der Waals surface area contributed by atoms with Gasteiger partial charge in [0.05, 0.1) is 17.2 Å². The summed E-state index contributed by atoms with van der Waals surface area (Å²) in [6.45, 7) is 6.49. The van der Waals surface area contributed by atoms with Crippen molar-refractivity contribution >= 4 is 34.5 Å². The summed E-state index contributed by atoms with van der Waals surface area (Å²) < 4.78 is 0. The zero-order valence-corrected chi connectivity index (χ0v) is 15.7. The minimum Gasteiger partial charge on any atom is -0.365 e. The van der Waals surface area contributed by atoms with Crippen molar-refractivity contribution in [2.24, 2.45) is 0 Å². The molecule has 0 N–H and O–H groups in total. The van der Waals surface area contributed by atoms with E-state index in [1.165, 1.54) is 5.57 Å². The summed E-state index contributed by atoms with van der Waals surface area (Å²) in [4.78, 5) is 2.23. The number of hydrogen-bond donors (Lipinski definition) is 0. The SMILES string of the molecule is CC1=CC(C)(C)N(C)c2cc(Cl)c(/C=C(\C#N)c3ccccc3)cc21. The van der Waals surface area contributed by atoms with E-state index >= 15 is 0 Å². The molecule has 3 rings (SSSR count). The van der Waals surface area contributed by atoms with Crippen LogP contribution >= 0.6 is 11.6 Å². The van der Waals surface area contributed by atoms with Crippen molar-refractivity contribution in [2.75, 3.05) is 11.9 Å². The van der Waals surface area contributed by atoms with Crippen molar-refractivity contribution < 1.29 is 0 Å². The van der Waals surface area contributed by atoms with Crippen LogP contribution in [0.25, 0.3) is 17.2 Å². The minimum absolute atomic E-state index is 0.0559. The van der Waals surface area contributed by atoms with Crippen LogP contribution in [0, 0.1) is 11.3 Å². The first-order valence-corrected chi connectivity index (χ1v) is 8.66. The molecule has 0 amide bonds. The maximum atomic E-state index is 9.55. The molecular formula is C22H21ClN2. The van der Waals surface area contributed by atoms with Crippen LogP contribution in [0.4, 0.5) is 5.69 Å². The predicted molar refractivity (Wildman–Crippen MR) is 108 cm³/mol. The molecule has 1 heterocycles. The van der Waals surface area contributed by atoms with Crippen LogP contribution in [-0.2, 0) is 0 Å². The molecule has 0 unspecified atom stereocenters. The summed E-state index contributed by atoms with van der Waals surface area (Å²) in [7, 11) is 2.08. The van der Waals surface area contributed by atoms with Gasteiger partial charge in [0.15, 0.2) is 0 Å². The molecular weight excluding hydrogens is 328 g/mol. The molecule has 0 fully saturated rings. The zero-order chi connectivity index (χ0) is 18.2. The average Bonchev–Trinajstić information content (AvgIpc) is 2.59. The molecule has 0 saturated carbocycles. The fourth-order valence-corrected chi connectivity index (χ4v) is 3.46. The summed E-state index contributed by atoms with van der Waals surface area (Å²) in [6, 6.07) is 16.0. The molecule has 1 aliphatic rings. The molecule has 25 heavy (non-hydrogen) atoms. The van der Waals surface area contributed by atoms with Crippen molar-refractivity contribution in [1.82, 2.24) is 0 Å². The Kier molecular flexibility index (Phi) is 4.45. The van der Waals surface area contributed by atoms with Gasteiger partial charge in [-0.25, -0.2) is 0 Å². The van der Waals surface area contributed by atoms with E-state index in [0.717, 1.165) is 22.4 Å². The second-order valence-electron chi connectivity index (χ2n) is 6.97. The van der Waals surface area contributed by atoms with Gasteiger partial charge < -0.3 is 4.90 Å². The normalized spacial score (nSPS) is 16.1. The Labute approximate surface area is 154 Å². The first kappa shape index (κ1) is 17.3. The number of nitrogens with zero attached hydrogens (tertiary/aromatic N) is 2. The number of halogens is 1. The molecule has 0 aromatic heterocycles. The standard InChI is InChI=1S/C22H21ClN2/c1-15-13-22(2,3)25(4)21-12-20(23)17(11-19(15)21)10-18(14-24)16-8-6-5-7-9-16/h5-13H,1-4H3/b18-10+. The lowest BCUT2D eigenvalue weighted by atomic mass is 9.88. The Morgan fingerprint density at radius 1 is 1.20 bits per heavy atom. The second-order valence-corrected chi connectivity index (χ2v) is 7.37. The smallest absolute Gasteiger partial charge is 0.0998 e. The fourth-order valence-electron chi connectivity index (χ4n) is 3.25. The molecule has 0 spiro atoms. The molecule has 0 saturated heterocycles. The van der Waals surface area contributed by atoms with Crippen molar-refractivity contribution in [3.63, 3.8) is 0 Å². The largest absolute Gasteiger partial charge is 0.365 e. The maximum absolute atomic E-state index is 9.55. The van der Waals surface area contributed by atoms with Crippen molar-refractivity contribution in [3.05, 3.63) is 70.3 Å². The highest BCUT2D eigenvalue weighted by atomic mass is 35.5. The lowest BCUT2D eigenvalue weighted by Crippen LogP contribution is -2.42. The summed E-state index contributed by atoms with van der Waals surface area (Å²) in [5, 5.41) is 10.2. The highest BCUT2D eigenvalue weighted by molar-refractivity contribution is 6.32. The van der Waals surface area contributed by atoms with Crippen molar-refractivity contribution in [2.45, 2.75) is 26.3 Å². The van der Waals surface area contributed by atoms with Crippen LogP contribution in [0.2, 0.25) is 5.02 Å². The van der Waals surface area contributed by atoms with Gasteiger partial charge in [0.2, 0.25) is 0 Å². The van der Waals surface area contributed by atoms with E-state index in [9.17, 15) is 5.26 Å². The van der Waals surface area contributed by atoms with Gasteiger partial charge in [-0.15, -0.1) is 0 Å². The number of benzene rings is 2. The van der Waals surface area contributed by atoms with Crippen LogP contribution in [0.1, 0.15) is 37.5 Å². The van der Waals surface area contributed by atoms with Gasteiger partial charge in [-0.3, -0.25) is 0 Å². The molecule has 3 heteroatoms. The van der Waals surface area contributed by atoms with Gasteiger partial charge in [0, 0.05) is 23.3 Å². The number of fused-ring (bicyclic) bond motifs is 1. The average molecular weight is 349 g/mol. The molecule has 0 radical (unpaired) electrons. The third kappa shape index (κ3) is 3.21. The topological polar surface area (TPSA) is 27.0 Å². The van der Waals surface area contributed by atoms with Crippen LogP contribution in [0.5, 0.6) is 0 Å². The predicted octanol–water partition coefficient (Wildman–Crippen LogP) is 6.04. The number of rotatable bonds is 2. The molecule has 2 aromatic rings. The minimum atomic E-state index is -0.0559. The molecule has 2 nitrogen and oxygen atoms in total. The van der Waals surface area contributed by atoms with E-state index in [4.69, 9.17) is 11.6 Å². The fraction of sp³-hybridized carbons (Fsp3) is 0.227. The van der Waals surface area contributed by atoms with E-state index in [0.29, 0.717) is 10.6 Å². The van der Waals surface area contributed by atoms with Gasteiger partial charge in [-0.1, -0.05) is 48.0 Å². The second kappa shape index (κ2) is 6.43. The van der Waals surface area contributed by atoms with E-state index in [-0.39, 0.29) is 5.54 Å². The highest BCUT2D eigenvalue weighted by Gasteiger charge is 2.29. The number of hydrogen-bond acceptors (Lipinski definition) is 2. The van der Waals surface area contributed by atoms with Crippen molar-refractivity contribution in [1.29, 1.82) is 5.26 Å². The van der Waals surface area contributed by atoms with E-state index in [2.05, 4.69) is 50.9 Å². The summed E-state index contributed by atoms with van der Waals surface area (Å²) in [6.07, 6.45) is 4.13. The molecule has 0 aliphatic carbocycles. The number of anilines is 1. The summed E-state index contributed by atoms with van der Waals surface area (Å²) >= 11 is 6.56. The zero-order valence-electron chi connectivity index (χ0n) is 15.0. The van der Waals surface area contributed by atoms with Gasteiger partial charge in [0.25, 0.3) is 0 Å². The molecule has 2 aromatic carbocycles. The molecule has 1 aliphatic heterocycles. The lowest BCUT2D eigenvalue weighted by Gasteiger charge is -2.40. The highest BCUT2D eigenvalue weighted by Crippen LogP contribution is 2.41. The third-order valence-corrected chi connectivity index (χ3v) is 5.17. The van der Waals surface area contributed by atoms with Crippen LogP contribution in [0.3, 0.4) is 0 Å². The van der Waals surface area contributed by atoms with Crippen LogP contribution in [0.15, 0.2) is 48.5 Å². The Morgan fingerprint density at radius 3 is 2.52 bits per heavy atom. The van der Waals surface area contributed by atoms with Crippen LogP contribution in [-0.4, -0.2) is 12.6 Å². The third-order valence-electron chi connectivity index (χ3n) is 4.84. The molecule has 126 valence electrons. The number of allylic oxidation sites excluding steroid dienone is 2. The monoisotopic (exact) mass is 348 g/mol. The Morgan fingerprint density at radius 2 is 1.88 bits per heavy atom. The quantitative estimate of drug-likeness (QED) is 0.489. The Hall–Kier alpha value is -2.50. The van der Waals surface area contributed by atoms with Gasteiger partial charge in [0.1, 0.15) is 0 Å². The number of likely N-dealkylation sites (N-methyl/N-ethyl adjacent to an activating group) is 1. The maximum Gasteiger partial charge on any atom is 0.0998 e. The van der Waals surface area contributed by atoms with E-state index in [1.54, 1.807) is 0 Å². The Bertz CT molecular complexity index is 915. The van der Waals surface area contributed by atoms with Gasteiger partial charge in [-0.05, 0) is 55.7 Å². The number of nitriles is 1. The van der Waals surface area contributed by atoms with Gasteiger partial charge in [-0.2, -0.15) is 5.26 Å². The van der Waals surface area contributed by atoms with E-state index in [1.807, 2.05) is 42.5 Å². The summed E-state index contributed by atoms with van der Waals surface area (Å²) in [5.74, 6) is 0.